The Hall–Kier alpha value is -2.80. The van der Waals surface area contributed by atoms with E-state index in [-0.39, 0.29) is 5.91 Å². The molecule has 0 bridgehead atoms. The lowest BCUT2D eigenvalue weighted by Crippen LogP contribution is -2.21. The maximum Gasteiger partial charge on any atom is 0.277 e. The van der Waals surface area contributed by atoms with Crippen LogP contribution in [0.3, 0.4) is 0 Å². The van der Waals surface area contributed by atoms with Gasteiger partial charge >= 0.3 is 0 Å². The summed E-state index contributed by atoms with van der Waals surface area (Å²) in [7, 11) is 5.10. The van der Waals surface area contributed by atoms with E-state index in [1.54, 1.807) is 26.1 Å². The lowest BCUT2D eigenvalue weighted by molar-refractivity contribution is 0.0827. The zero-order valence-corrected chi connectivity index (χ0v) is 15.6. The van der Waals surface area contributed by atoms with E-state index in [9.17, 15) is 4.79 Å². The molecule has 0 aliphatic rings. The molecular weight excluding hydrogens is 350 g/mol. The zero-order valence-electron chi connectivity index (χ0n) is 14.8. The quantitative estimate of drug-likeness (QED) is 0.617. The van der Waals surface area contributed by atoms with Crippen LogP contribution in [0.1, 0.15) is 15.9 Å². The molecule has 0 unspecified atom stereocenters. The summed E-state index contributed by atoms with van der Waals surface area (Å²) in [5.74, 6) is 1.92. The Morgan fingerprint density at radius 1 is 1.08 bits per heavy atom. The molecule has 0 N–H and O–H groups in total. The molecule has 3 rings (SSSR count). The van der Waals surface area contributed by atoms with Crippen molar-refractivity contribution < 1.29 is 13.9 Å². The smallest absolute Gasteiger partial charge is 0.277 e. The van der Waals surface area contributed by atoms with Crippen molar-refractivity contribution in [3.63, 3.8) is 0 Å². The summed E-state index contributed by atoms with van der Waals surface area (Å²) in [5.41, 5.74) is 2.59. The van der Waals surface area contributed by atoms with Crippen LogP contribution in [-0.4, -0.2) is 42.2 Å². The van der Waals surface area contributed by atoms with E-state index in [1.807, 2.05) is 48.5 Å². The van der Waals surface area contributed by atoms with Crippen molar-refractivity contribution in [2.75, 3.05) is 21.2 Å². The van der Waals surface area contributed by atoms with Crippen molar-refractivity contribution >= 4 is 17.7 Å². The molecule has 3 aromatic rings. The van der Waals surface area contributed by atoms with Gasteiger partial charge in [0.2, 0.25) is 5.89 Å². The number of benzene rings is 2. The monoisotopic (exact) mass is 369 g/mol. The first kappa shape index (κ1) is 18.0. The minimum absolute atomic E-state index is 0.00904. The Kier molecular flexibility index (Phi) is 5.58. The van der Waals surface area contributed by atoms with Crippen molar-refractivity contribution in [3.8, 4) is 17.2 Å². The van der Waals surface area contributed by atoms with Gasteiger partial charge in [0.05, 0.1) is 7.11 Å². The summed E-state index contributed by atoms with van der Waals surface area (Å²) in [6.07, 6.45) is 0. The molecular formula is C19H19N3O3S. The molecule has 0 radical (unpaired) electrons. The van der Waals surface area contributed by atoms with Crippen LogP contribution in [0.15, 0.2) is 58.2 Å². The van der Waals surface area contributed by atoms with E-state index < -0.39 is 0 Å². The van der Waals surface area contributed by atoms with Crippen LogP contribution in [-0.2, 0) is 5.75 Å². The van der Waals surface area contributed by atoms with Crippen molar-refractivity contribution in [2.24, 2.45) is 0 Å². The molecule has 0 aliphatic carbocycles. The summed E-state index contributed by atoms with van der Waals surface area (Å²) >= 11 is 1.46. The van der Waals surface area contributed by atoms with Crippen LogP contribution in [0.25, 0.3) is 11.5 Å². The molecule has 0 saturated carbocycles. The predicted octanol–water partition coefficient (Wildman–Crippen LogP) is 3.74. The summed E-state index contributed by atoms with van der Waals surface area (Å²) < 4.78 is 10.8. The number of aromatic nitrogens is 2. The molecule has 7 heteroatoms. The number of carbonyl (C=O) groups excluding carboxylic acids is 1. The van der Waals surface area contributed by atoms with Gasteiger partial charge in [-0.25, -0.2) is 0 Å². The third-order valence-corrected chi connectivity index (χ3v) is 4.60. The minimum Gasteiger partial charge on any atom is -0.497 e. The second-order valence-corrected chi connectivity index (χ2v) is 6.71. The first-order valence-electron chi connectivity index (χ1n) is 7.98. The van der Waals surface area contributed by atoms with Crippen molar-refractivity contribution in [3.05, 3.63) is 59.7 Å². The maximum absolute atomic E-state index is 11.9. The average molecular weight is 369 g/mol. The number of carbonyl (C=O) groups is 1. The van der Waals surface area contributed by atoms with Gasteiger partial charge in [-0.1, -0.05) is 23.9 Å². The Bertz CT molecular complexity index is 874. The SMILES string of the molecule is COc1ccc(-c2nnc(SCc3ccc(C(=O)N(C)C)cc3)o2)cc1. The van der Waals surface area contributed by atoms with Crippen LogP contribution < -0.4 is 4.74 Å². The molecule has 1 amide bonds. The van der Waals surface area contributed by atoms with Gasteiger partial charge in [0, 0.05) is 31.0 Å². The van der Waals surface area contributed by atoms with Gasteiger partial charge in [-0.2, -0.15) is 0 Å². The Morgan fingerprint density at radius 3 is 2.38 bits per heavy atom. The molecule has 1 aromatic heterocycles. The van der Waals surface area contributed by atoms with Crippen molar-refractivity contribution in [1.82, 2.24) is 15.1 Å². The number of nitrogens with zero attached hydrogens (tertiary/aromatic N) is 3. The van der Waals surface area contributed by atoms with Crippen LogP contribution in [0, 0.1) is 0 Å². The molecule has 26 heavy (non-hydrogen) atoms. The highest BCUT2D eigenvalue weighted by Gasteiger charge is 2.11. The second-order valence-electron chi connectivity index (χ2n) is 5.79. The van der Waals surface area contributed by atoms with Gasteiger partial charge in [0.15, 0.2) is 0 Å². The van der Waals surface area contributed by atoms with Gasteiger partial charge in [-0.3, -0.25) is 4.79 Å². The summed E-state index contributed by atoms with van der Waals surface area (Å²) in [4.78, 5) is 13.5. The number of rotatable bonds is 6. The Labute approximate surface area is 156 Å². The minimum atomic E-state index is -0.00904. The molecule has 6 nitrogen and oxygen atoms in total. The van der Waals surface area contributed by atoms with Crippen LogP contribution >= 0.6 is 11.8 Å². The number of thioether (sulfide) groups is 1. The normalized spacial score (nSPS) is 10.6. The number of ether oxygens (including phenoxy) is 1. The fourth-order valence-corrected chi connectivity index (χ4v) is 2.98. The van der Waals surface area contributed by atoms with Gasteiger partial charge in [-0.15, -0.1) is 10.2 Å². The maximum atomic E-state index is 11.9. The molecule has 0 saturated heterocycles. The highest BCUT2D eigenvalue weighted by Crippen LogP contribution is 2.26. The van der Waals surface area contributed by atoms with Crippen LogP contribution in [0.2, 0.25) is 0 Å². The van der Waals surface area contributed by atoms with Gasteiger partial charge < -0.3 is 14.1 Å². The van der Waals surface area contributed by atoms with Gasteiger partial charge in [0.1, 0.15) is 5.75 Å². The molecule has 2 aromatic carbocycles. The molecule has 134 valence electrons. The predicted molar refractivity (Wildman–Crippen MR) is 100 cm³/mol. The number of methoxy groups -OCH3 is 1. The Morgan fingerprint density at radius 2 is 1.77 bits per heavy atom. The van der Waals surface area contributed by atoms with Crippen molar-refractivity contribution in [2.45, 2.75) is 11.0 Å². The third-order valence-electron chi connectivity index (χ3n) is 3.71. The van der Waals surface area contributed by atoms with E-state index in [4.69, 9.17) is 9.15 Å². The first-order chi connectivity index (χ1) is 12.6. The summed E-state index contributed by atoms with van der Waals surface area (Å²) in [6.45, 7) is 0. The lowest BCUT2D eigenvalue weighted by atomic mass is 10.1. The molecule has 0 fully saturated rings. The number of hydrogen-bond acceptors (Lipinski definition) is 6. The largest absolute Gasteiger partial charge is 0.497 e. The van der Waals surface area contributed by atoms with Crippen LogP contribution in [0.4, 0.5) is 0 Å². The van der Waals surface area contributed by atoms with Crippen molar-refractivity contribution in [1.29, 1.82) is 0 Å². The topological polar surface area (TPSA) is 68.5 Å². The highest BCUT2D eigenvalue weighted by atomic mass is 32.2. The molecule has 0 spiro atoms. The highest BCUT2D eigenvalue weighted by molar-refractivity contribution is 7.98. The van der Waals surface area contributed by atoms with E-state index in [0.717, 1.165) is 16.9 Å². The fraction of sp³-hybridized carbons (Fsp3) is 0.211. The van der Waals surface area contributed by atoms with E-state index in [2.05, 4.69) is 10.2 Å². The Balaban J connectivity index is 1.61. The van der Waals surface area contributed by atoms with Gasteiger partial charge in [-0.05, 0) is 42.0 Å². The molecule has 0 aliphatic heterocycles. The zero-order chi connectivity index (χ0) is 18.5. The fourth-order valence-electron chi connectivity index (χ4n) is 2.27. The lowest BCUT2D eigenvalue weighted by Gasteiger charge is -2.10. The van der Waals surface area contributed by atoms with E-state index >= 15 is 0 Å². The average Bonchev–Trinajstić information content (AvgIpc) is 3.15. The molecule has 1 heterocycles. The van der Waals surface area contributed by atoms with E-state index in [1.165, 1.54) is 11.8 Å². The van der Waals surface area contributed by atoms with Gasteiger partial charge in [0.25, 0.3) is 11.1 Å². The standard InChI is InChI=1S/C19H19N3O3S/c1-22(2)18(23)15-6-4-13(5-7-15)12-26-19-21-20-17(25-19)14-8-10-16(24-3)11-9-14/h4-11H,12H2,1-3H3. The summed E-state index contributed by atoms with van der Waals surface area (Å²) in [6, 6.07) is 15.0. The van der Waals surface area contributed by atoms with E-state index in [0.29, 0.717) is 22.4 Å². The second kappa shape index (κ2) is 8.05. The summed E-state index contributed by atoms with van der Waals surface area (Å²) in [5, 5.41) is 8.66. The number of hydrogen-bond donors (Lipinski definition) is 0. The first-order valence-corrected chi connectivity index (χ1v) is 8.96. The number of amides is 1. The molecule has 0 atom stereocenters. The van der Waals surface area contributed by atoms with Crippen LogP contribution in [0.5, 0.6) is 5.75 Å². The third kappa shape index (κ3) is 4.23.